The average molecular weight is 204 g/mol. The van der Waals surface area contributed by atoms with Crippen LogP contribution in [0.15, 0.2) is 24.4 Å². The number of carbonyl (C=O) groups is 1. The summed E-state index contributed by atoms with van der Waals surface area (Å²) in [5, 5.41) is 2.81. The Balaban J connectivity index is 2.22. The summed E-state index contributed by atoms with van der Waals surface area (Å²) in [6.45, 7) is 0.716. The molecule has 3 heteroatoms. The van der Waals surface area contributed by atoms with Crippen LogP contribution in [-0.2, 0) is 10.2 Å². The SMILES string of the molecule is O=CNCC1(c2ccccn2)CCCC1. The molecule has 0 aromatic carbocycles. The van der Waals surface area contributed by atoms with Crippen LogP contribution in [-0.4, -0.2) is 17.9 Å². The Morgan fingerprint density at radius 3 is 2.80 bits per heavy atom. The fraction of sp³-hybridized carbons (Fsp3) is 0.500. The predicted molar refractivity (Wildman–Crippen MR) is 58.4 cm³/mol. The van der Waals surface area contributed by atoms with Crippen LogP contribution in [0.1, 0.15) is 31.4 Å². The van der Waals surface area contributed by atoms with Crippen LogP contribution in [0.3, 0.4) is 0 Å². The van der Waals surface area contributed by atoms with Crippen molar-refractivity contribution in [3.05, 3.63) is 30.1 Å². The van der Waals surface area contributed by atoms with Crippen molar-refractivity contribution in [2.45, 2.75) is 31.1 Å². The van der Waals surface area contributed by atoms with Crippen LogP contribution in [0, 0.1) is 0 Å². The molecule has 0 atom stereocenters. The molecule has 1 fully saturated rings. The summed E-state index contributed by atoms with van der Waals surface area (Å²) in [5.74, 6) is 0. The number of aromatic nitrogens is 1. The number of carbonyl (C=O) groups excluding carboxylic acids is 1. The van der Waals surface area contributed by atoms with Crippen molar-refractivity contribution >= 4 is 6.41 Å². The minimum absolute atomic E-state index is 0.0855. The maximum Gasteiger partial charge on any atom is 0.207 e. The van der Waals surface area contributed by atoms with Crippen LogP contribution >= 0.6 is 0 Å². The number of nitrogens with zero attached hydrogens (tertiary/aromatic N) is 1. The van der Waals surface area contributed by atoms with E-state index in [0.29, 0.717) is 6.54 Å². The van der Waals surface area contributed by atoms with Gasteiger partial charge in [-0.3, -0.25) is 9.78 Å². The first kappa shape index (κ1) is 10.1. The second kappa shape index (κ2) is 4.43. The molecule has 0 aliphatic heterocycles. The van der Waals surface area contributed by atoms with Crippen molar-refractivity contribution in [1.82, 2.24) is 10.3 Å². The molecule has 1 aliphatic carbocycles. The molecule has 3 nitrogen and oxygen atoms in total. The van der Waals surface area contributed by atoms with Gasteiger partial charge >= 0.3 is 0 Å². The van der Waals surface area contributed by atoms with Gasteiger partial charge in [-0.15, -0.1) is 0 Å². The van der Waals surface area contributed by atoms with E-state index in [1.54, 1.807) is 0 Å². The normalized spacial score (nSPS) is 18.7. The first-order chi connectivity index (χ1) is 7.37. The number of hydrogen-bond acceptors (Lipinski definition) is 2. The number of nitrogens with one attached hydrogen (secondary N) is 1. The van der Waals surface area contributed by atoms with E-state index in [2.05, 4.69) is 16.4 Å². The highest BCUT2D eigenvalue weighted by Crippen LogP contribution is 2.39. The summed E-state index contributed by atoms with van der Waals surface area (Å²) in [7, 11) is 0. The summed E-state index contributed by atoms with van der Waals surface area (Å²) >= 11 is 0. The molecular formula is C12H16N2O. The third-order valence-electron chi connectivity index (χ3n) is 3.29. The Hall–Kier alpha value is -1.38. The highest BCUT2D eigenvalue weighted by Gasteiger charge is 2.36. The molecule has 15 heavy (non-hydrogen) atoms. The van der Waals surface area contributed by atoms with Crippen LogP contribution < -0.4 is 5.32 Å². The van der Waals surface area contributed by atoms with E-state index in [-0.39, 0.29) is 5.41 Å². The minimum atomic E-state index is 0.0855. The molecule has 1 aromatic heterocycles. The maximum atomic E-state index is 10.4. The fourth-order valence-corrected chi connectivity index (χ4v) is 2.49. The van der Waals surface area contributed by atoms with Gasteiger partial charge in [0.05, 0.1) is 0 Å². The maximum absolute atomic E-state index is 10.4. The lowest BCUT2D eigenvalue weighted by Crippen LogP contribution is -2.36. The monoisotopic (exact) mass is 204 g/mol. The molecule has 1 N–H and O–H groups in total. The van der Waals surface area contributed by atoms with Crippen molar-refractivity contribution in [2.24, 2.45) is 0 Å². The molecule has 2 rings (SSSR count). The van der Waals surface area contributed by atoms with E-state index >= 15 is 0 Å². The average Bonchev–Trinajstić information content (AvgIpc) is 2.78. The zero-order chi connectivity index (χ0) is 10.6. The summed E-state index contributed by atoms with van der Waals surface area (Å²) in [5.41, 5.74) is 1.21. The van der Waals surface area contributed by atoms with E-state index in [1.165, 1.54) is 12.8 Å². The van der Waals surface area contributed by atoms with Crippen molar-refractivity contribution < 1.29 is 4.79 Å². The number of amides is 1. The van der Waals surface area contributed by atoms with Gasteiger partial charge in [0.1, 0.15) is 0 Å². The molecule has 1 heterocycles. The lowest BCUT2D eigenvalue weighted by Gasteiger charge is -2.27. The van der Waals surface area contributed by atoms with E-state index < -0.39 is 0 Å². The molecule has 0 saturated heterocycles. The largest absolute Gasteiger partial charge is 0.358 e. The summed E-state index contributed by atoms with van der Waals surface area (Å²) in [6.07, 6.45) is 7.34. The summed E-state index contributed by atoms with van der Waals surface area (Å²) in [4.78, 5) is 14.8. The molecule has 0 unspecified atom stereocenters. The molecule has 0 spiro atoms. The van der Waals surface area contributed by atoms with Crippen LogP contribution in [0.2, 0.25) is 0 Å². The predicted octanol–water partition coefficient (Wildman–Crippen LogP) is 1.64. The Morgan fingerprint density at radius 2 is 2.20 bits per heavy atom. The van der Waals surface area contributed by atoms with Crippen molar-refractivity contribution in [1.29, 1.82) is 0 Å². The second-order valence-electron chi connectivity index (χ2n) is 4.20. The van der Waals surface area contributed by atoms with E-state index in [0.717, 1.165) is 24.9 Å². The topological polar surface area (TPSA) is 42.0 Å². The molecule has 1 aliphatic rings. The number of pyridine rings is 1. The van der Waals surface area contributed by atoms with Crippen molar-refractivity contribution in [2.75, 3.05) is 6.54 Å². The molecule has 1 amide bonds. The third kappa shape index (κ3) is 2.01. The zero-order valence-electron chi connectivity index (χ0n) is 8.78. The van der Waals surface area contributed by atoms with Gasteiger partial charge in [0.15, 0.2) is 0 Å². The van der Waals surface area contributed by atoms with Gasteiger partial charge < -0.3 is 5.32 Å². The quantitative estimate of drug-likeness (QED) is 0.757. The van der Waals surface area contributed by atoms with Gasteiger partial charge in [-0.25, -0.2) is 0 Å². The van der Waals surface area contributed by atoms with Crippen LogP contribution in [0.25, 0.3) is 0 Å². The highest BCUT2D eigenvalue weighted by atomic mass is 16.1. The van der Waals surface area contributed by atoms with Crippen molar-refractivity contribution in [3.63, 3.8) is 0 Å². The Kier molecular flexibility index (Phi) is 2.99. The van der Waals surface area contributed by atoms with E-state index in [4.69, 9.17) is 0 Å². The summed E-state index contributed by atoms with van der Waals surface area (Å²) < 4.78 is 0. The molecule has 80 valence electrons. The highest BCUT2D eigenvalue weighted by molar-refractivity contribution is 5.46. The molecule has 0 radical (unpaired) electrons. The van der Waals surface area contributed by atoms with E-state index in [1.807, 2.05) is 18.3 Å². The third-order valence-corrected chi connectivity index (χ3v) is 3.29. The van der Waals surface area contributed by atoms with Gasteiger partial charge in [0.25, 0.3) is 0 Å². The lowest BCUT2D eigenvalue weighted by atomic mass is 9.82. The Labute approximate surface area is 89.9 Å². The van der Waals surface area contributed by atoms with Gasteiger partial charge in [0, 0.05) is 23.9 Å². The molecular weight excluding hydrogens is 188 g/mol. The number of rotatable bonds is 4. The minimum Gasteiger partial charge on any atom is -0.358 e. The molecule has 1 aromatic rings. The van der Waals surface area contributed by atoms with Crippen LogP contribution in [0.5, 0.6) is 0 Å². The molecule has 0 bridgehead atoms. The first-order valence-corrected chi connectivity index (χ1v) is 5.46. The Bertz CT molecular complexity index is 318. The van der Waals surface area contributed by atoms with Crippen LogP contribution in [0.4, 0.5) is 0 Å². The fourth-order valence-electron chi connectivity index (χ4n) is 2.49. The standard InChI is InChI=1S/C12H16N2O/c15-10-13-9-12(6-2-3-7-12)11-5-1-4-8-14-11/h1,4-5,8,10H,2-3,6-7,9H2,(H,13,15). The first-order valence-electron chi connectivity index (χ1n) is 5.46. The van der Waals surface area contributed by atoms with Gasteiger partial charge in [-0.2, -0.15) is 0 Å². The van der Waals surface area contributed by atoms with Crippen molar-refractivity contribution in [3.8, 4) is 0 Å². The lowest BCUT2D eigenvalue weighted by molar-refractivity contribution is -0.109. The summed E-state index contributed by atoms with van der Waals surface area (Å²) in [6, 6.07) is 6.01. The van der Waals surface area contributed by atoms with Gasteiger partial charge in [0.2, 0.25) is 6.41 Å². The molecule has 1 saturated carbocycles. The smallest absolute Gasteiger partial charge is 0.207 e. The Morgan fingerprint density at radius 1 is 1.40 bits per heavy atom. The van der Waals surface area contributed by atoms with E-state index in [9.17, 15) is 4.79 Å². The van der Waals surface area contributed by atoms with Gasteiger partial charge in [-0.05, 0) is 25.0 Å². The van der Waals surface area contributed by atoms with Gasteiger partial charge in [-0.1, -0.05) is 18.9 Å². The zero-order valence-corrected chi connectivity index (χ0v) is 8.78. The number of hydrogen-bond donors (Lipinski definition) is 1. The second-order valence-corrected chi connectivity index (χ2v) is 4.20.